The van der Waals surface area contributed by atoms with Crippen molar-refractivity contribution in [3.8, 4) is 77.9 Å². The van der Waals surface area contributed by atoms with E-state index in [1.54, 1.807) is 0 Å². The van der Waals surface area contributed by atoms with E-state index in [1.165, 1.54) is 118 Å². The second-order valence-corrected chi connectivity index (χ2v) is 16.6. The van der Waals surface area contributed by atoms with Crippen LogP contribution in [0.2, 0.25) is 0 Å². The first-order chi connectivity index (χ1) is 27.8. The molecule has 0 N–H and O–H groups in total. The van der Waals surface area contributed by atoms with E-state index < -0.39 is 0 Å². The lowest BCUT2D eigenvalue weighted by molar-refractivity contribution is 1.37. The molecule has 0 radical (unpaired) electrons. The third-order valence-corrected chi connectivity index (χ3v) is 13.9. The van der Waals surface area contributed by atoms with Crippen LogP contribution in [0.15, 0.2) is 183 Å². The molecule has 4 heteroatoms. The predicted octanol–water partition coefficient (Wildman–Crippen LogP) is 15.2. The summed E-state index contributed by atoms with van der Waals surface area (Å²) in [7, 11) is 0. The van der Waals surface area contributed by atoms with Gasteiger partial charge in [-0.15, -0.1) is 22.7 Å². The molecule has 0 saturated heterocycles. The second kappa shape index (κ2) is 12.4. The number of benzene rings is 7. The molecule has 1 aliphatic rings. The van der Waals surface area contributed by atoms with Crippen molar-refractivity contribution >= 4 is 63.0 Å². The molecular formula is C52H30N2S2. The van der Waals surface area contributed by atoms with Gasteiger partial charge in [-0.05, 0) is 108 Å². The Hall–Kier alpha value is -6.72. The Bertz CT molecular complexity index is 3250. The summed E-state index contributed by atoms with van der Waals surface area (Å²) in [5, 5.41) is 4.90. The van der Waals surface area contributed by atoms with Gasteiger partial charge in [-0.1, -0.05) is 127 Å². The summed E-state index contributed by atoms with van der Waals surface area (Å²) in [6, 6.07) is 58.6. The molecule has 4 heterocycles. The van der Waals surface area contributed by atoms with Gasteiger partial charge in [0, 0.05) is 65.1 Å². The average Bonchev–Trinajstić information content (AvgIpc) is 3.84. The summed E-state index contributed by atoms with van der Waals surface area (Å²) in [6.07, 6.45) is 7.81. The Balaban J connectivity index is 1.19. The van der Waals surface area contributed by atoms with Gasteiger partial charge in [-0.3, -0.25) is 9.97 Å². The smallest absolute Gasteiger partial charge is 0.0434 e. The third-order valence-electron chi connectivity index (χ3n) is 11.4. The summed E-state index contributed by atoms with van der Waals surface area (Å²) in [4.78, 5) is 9.00. The largest absolute Gasteiger partial charge is 0.264 e. The van der Waals surface area contributed by atoms with Crippen molar-refractivity contribution in [1.82, 2.24) is 9.97 Å². The molecule has 56 heavy (non-hydrogen) atoms. The molecule has 4 aromatic heterocycles. The number of nitrogens with zero attached hydrogens (tertiary/aromatic N) is 2. The maximum atomic E-state index is 4.50. The van der Waals surface area contributed by atoms with Crippen LogP contribution in [0.1, 0.15) is 0 Å². The molecule has 0 unspecified atom stereocenters. The highest BCUT2D eigenvalue weighted by atomic mass is 32.1. The van der Waals surface area contributed by atoms with E-state index in [2.05, 4.69) is 168 Å². The van der Waals surface area contributed by atoms with Crippen LogP contribution in [0, 0.1) is 0 Å². The first-order valence-electron chi connectivity index (χ1n) is 18.9. The lowest BCUT2D eigenvalue weighted by Crippen LogP contribution is -1.99. The second-order valence-electron chi connectivity index (χ2n) is 14.5. The minimum Gasteiger partial charge on any atom is -0.264 e. The number of fused-ring (bicyclic) bond motifs is 14. The number of aromatic nitrogens is 2. The minimum atomic E-state index is 1.19. The van der Waals surface area contributed by atoms with E-state index in [0.29, 0.717) is 0 Å². The monoisotopic (exact) mass is 746 g/mol. The van der Waals surface area contributed by atoms with E-state index >= 15 is 0 Å². The van der Waals surface area contributed by atoms with E-state index in [-0.39, 0.29) is 0 Å². The van der Waals surface area contributed by atoms with Crippen LogP contribution in [0.4, 0.5) is 0 Å². The average molecular weight is 747 g/mol. The highest BCUT2D eigenvalue weighted by Gasteiger charge is 2.25. The highest BCUT2D eigenvalue weighted by Crippen LogP contribution is 2.52. The molecule has 260 valence electrons. The third kappa shape index (κ3) is 4.73. The van der Waals surface area contributed by atoms with Gasteiger partial charge in [0.1, 0.15) is 0 Å². The SMILES string of the molecule is c1ccc2c(c1)-c1ccccc1-c1cccc(-c3cc(-c4cccc5c4sc4ccncc45)cc(-c4cccc5c4sc4ccncc45)c3)c1-c1ccccc1-2. The quantitative estimate of drug-likeness (QED) is 0.180. The molecule has 0 atom stereocenters. The number of pyridine rings is 2. The topological polar surface area (TPSA) is 25.8 Å². The fraction of sp³-hybridized carbons (Fsp3) is 0. The van der Waals surface area contributed by atoms with Crippen molar-refractivity contribution in [2.45, 2.75) is 0 Å². The van der Waals surface area contributed by atoms with Crippen molar-refractivity contribution < 1.29 is 0 Å². The number of thiophene rings is 2. The van der Waals surface area contributed by atoms with Crippen LogP contribution in [0.5, 0.6) is 0 Å². The molecule has 0 spiro atoms. The Morgan fingerprint density at radius 1 is 0.304 bits per heavy atom. The molecule has 0 bridgehead atoms. The van der Waals surface area contributed by atoms with Crippen LogP contribution < -0.4 is 0 Å². The molecule has 2 nitrogen and oxygen atoms in total. The van der Waals surface area contributed by atoms with Gasteiger partial charge >= 0.3 is 0 Å². The summed E-state index contributed by atoms with van der Waals surface area (Å²) >= 11 is 3.70. The molecular weight excluding hydrogens is 717 g/mol. The Morgan fingerprint density at radius 3 is 1.20 bits per heavy atom. The minimum absolute atomic E-state index is 1.19. The zero-order valence-corrected chi connectivity index (χ0v) is 31.7. The maximum Gasteiger partial charge on any atom is 0.0434 e. The van der Waals surface area contributed by atoms with Gasteiger partial charge in [0.2, 0.25) is 0 Å². The van der Waals surface area contributed by atoms with Crippen LogP contribution in [-0.2, 0) is 0 Å². The van der Waals surface area contributed by atoms with Crippen molar-refractivity contribution in [1.29, 1.82) is 0 Å². The molecule has 0 amide bonds. The van der Waals surface area contributed by atoms with Crippen LogP contribution in [0.25, 0.3) is 118 Å². The fourth-order valence-corrected chi connectivity index (χ4v) is 11.4. The first kappa shape index (κ1) is 31.6. The van der Waals surface area contributed by atoms with Gasteiger partial charge in [0.25, 0.3) is 0 Å². The van der Waals surface area contributed by atoms with E-state index in [1.807, 2.05) is 47.5 Å². The summed E-state index contributed by atoms with van der Waals surface area (Å²) in [5.41, 5.74) is 17.3. The molecule has 0 fully saturated rings. The van der Waals surface area contributed by atoms with Crippen molar-refractivity contribution in [2.75, 3.05) is 0 Å². The Labute approximate surface area is 331 Å². The zero-order chi connectivity index (χ0) is 36.7. The predicted molar refractivity (Wildman–Crippen MR) is 239 cm³/mol. The molecule has 7 aromatic carbocycles. The lowest BCUT2D eigenvalue weighted by atomic mass is 9.78. The number of rotatable bonds is 3. The summed E-state index contributed by atoms with van der Waals surface area (Å²) in [5.74, 6) is 0. The summed E-state index contributed by atoms with van der Waals surface area (Å²) in [6.45, 7) is 0. The van der Waals surface area contributed by atoms with Crippen molar-refractivity contribution in [2.24, 2.45) is 0 Å². The van der Waals surface area contributed by atoms with E-state index in [0.717, 1.165) is 0 Å². The summed E-state index contributed by atoms with van der Waals surface area (Å²) < 4.78 is 5.07. The van der Waals surface area contributed by atoms with Gasteiger partial charge in [-0.2, -0.15) is 0 Å². The zero-order valence-electron chi connectivity index (χ0n) is 30.0. The van der Waals surface area contributed by atoms with Crippen molar-refractivity contribution in [3.05, 3.63) is 183 Å². The van der Waals surface area contributed by atoms with Gasteiger partial charge in [-0.25, -0.2) is 0 Å². The van der Waals surface area contributed by atoms with Crippen LogP contribution >= 0.6 is 22.7 Å². The van der Waals surface area contributed by atoms with Crippen molar-refractivity contribution in [3.63, 3.8) is 0 Å². The highest BCUT2D eigenvalue weighted by molar-refractivity contribution is 7.26. The fourth-order valence-electron chi connectivity index (χ4n) is 8.98. The molecule has 1 aliphatic carbocycles. The van der Waals surface area contributed by atoms with Crippen LogP contribution in [0.3, 0.4) is 0 Å². The first-order valence-corrected chi connectivity index (χ1v) is 20.5. The normalized spacial score (nSPS) is 11.9. The van der Waals surface area contributed by atoms with E-state index in [4.69, 9.17) is 0 Å². The van der Waals surface area contributed by atoms with Gasteiger partial charge < -0.3 is 0 Å². The Morgan fingerprint density at radius 2 is 0.679 bits per heavy atom. The van der Waals surface area contributed by atoms with E-state index in [9.17, 15) is 0 Å². The van der Waals surface area contributed by atoms with Gasteiger partial charge in [0.15, 0.2) is 0 Å². The Kier molecular flexibility index (Phi) is 7.00. The molecule has 0 saturated carbocycles. The number of hydrogen-bond acceptors (Lipinski definition) is 4. The molecule has 11 aromatic rings. The standard InChI is InChI=1S/C52H30N2S2/c1-2-11-38-37(10-1)39-12-3-4-13-41(39)43-19-7-16-34(50(43)42-15-6-5-14-40(38)42)31-26-32(35-17-8-20-44-46-29-53-24-22-48(46)55-51(35)44)28-33(27-31)36-18-9-21-45-47-30-54-25-23-49(47)56-52(36)45/h1-30H. The molecule has 12 rings (SSSR count). The van der Waals surface area contributed by atoms with Crippen LogP contribution in [-0.4, -0.2) is 9.97 Å². The lowest BCUT2D eigenvalue weighted by Gasteiger charge is -2.25. The maximum absolute atomic E-state index is 4.50. The molecule has 0 aliphatic heterocycles. The number of hydrogen-bond donors (Lipinski definition) is 0. The van der Waals surface area contributed by atoms with Gasteiger partial charge in [0.05, 0.1) is 0 Å².